The second-order valence-corrected chi connectivity index (χ2v) is 8.56. The molecule has 1 aliphatic heterocycles. The van der Waals surface area contributed by atoms with Crippen LogP contribution in [-0.4, -0.2) is 63.6 Å². The fourth-order valence-electron chi connectivity index (χ4n) is 4.08. The zero-order valence-electron chi connectivity index (χ0n) is 19.8. The Kier molecular flexibility index (Phi) is 6.94. The number of rotatable bonds is 8. The summed E-state index contributed by atoms with van der Waals surface area (Å²) in [4.78, 5) is 15.0. The highest BCUT2D eigenvalue weighted by atomic mass is 16.5. The van der Waals surface area contributed by atoms with Crippen LogP contribution in [0.3, 0.4) is 0 Å². The van der Waals surface area contributed by atoms with Gasteiger partial charge in [0, 0.05) is 43.0 Å². The van der Waals surface area contributed by atoms with Gasteiger partial charge in [0.15, 0.2) is 0 Å². The molecule has 2 aromatic carbocycles. The SMILES string of the molecule is N/C(=C\N(N)c1ccc(C(=O)Nc2cnn(CCN3CCOCC3)c2)cc1)c1n[nH]c2ccccc12. The standard InChI is InChI=1S/C25H29N9O2/c26-22(24-21-3-1-2-4-23(21)30-31-24)17-34(27)20-7-5-18(6-8-20)25(35)29-19-15-28-33(16-19)10-9-32-11-13-36-14-12-32/h1-8,15-17H,9-14,26-27H2,(H,29,35)(H,30,31)/b22-17-. The van der Waals surface area contributed by atoms with Gasteiger partial charge in [0.05, 0.1) is 48.5 Å². The summed E-state index contributed by atoms with van der Waals surface area (Å²) >= 11 is 0. The van der Waals surface area contributed by atoms with Gasteiger partial charge in [-0.05, 0) is 30.3 Å². The zero-order valence-corrected chi connectivity index (χ0v) is 19.8. The lowest BCUT2D eigenvalue weighted by Crippen LogP contribution is -2.38. The van der Waals surface area contributed by atoms with Crippen molar-refractivity contribution in [2.45, 2.75) is 6.54 Å². The number of carbonyl (C=O) groups is 1. The molecule has 11 heteroatoms. The van der Waals surface area contributed by atoms with E-state index in [9.17, 15) is 4.79 Å². The second-order valence-electron chi connectivity index (χ2n) is 8.56. The average molecular weight is 488 g/mol. The predicted molar refractivity (Wildman–Crippen MR) is 139 cm³/mol. The highest BCUT2D eigenvalue weighted by Crippen LogP contribution is 2.21. The normalized spacial score (nSPS) is 14.8. The Morgan fingerprint density at radius 2 is 1.92 bits per heavy atom. The minimum atomic E-state index is -0.226. The average Bonchev–Trinajstić information content (AvgIpc) is 3.55. The predicted octanol–water partition coefficient (Wildman–Crippen LogP) is 1.98. The Balaban J connectivity index is 1.18. The highest BCUT2D eigenvalue weighted by Gasteiger charge is 2.13. The van der Waals surface area contributed by atoms with E-state index in [0.29, 0.717) is 28.3 Å². The van der Waals surface area contributed by atoms with Crippen LogP contribution in [-0.2, 0) is 11.3 Å². The zero-order chi connectivity index (χ0) is 24.9. The van der Waals surface area contributed by atoms with Crippen LogP contribution >= 0.6 is 0 Å². The third-order valence-corrected chi connectivity index (χ3v) is 6.09. The van der Waals surface area contributed by atoms with Gasteiger partial charge >= 0.3 is 0 Å². The first-order valence-corrected chi connectivity index (χ1v) is 11.8. The number of ether oxygens (including phenoxy) is 1. The van der Waals surface area contributed by atoms with Gasteiger partial charge in [0.25, 0.3) is 5.91 Å². The number of para-hydroxylation sites is 1. The molecule has 0 bridgehead atoms. The van der Waals surface area contributed by atoms with E-state index < -0.39 is 0 Å². The number of H-pyrrole nitrogens is 1. The molecule has 0 spiro atoms. The van der Waals surface area contributed by atoms with Crippen LogP contribution in [0.1, 0.15) is 16.1 Å². The van der Waals surface area contributed by atoms with Crippen molar-refractivity contribution in [1.82, 2.24) is 24.9 Å². The van der Waals surface area contributed by atoms with Gasteiger partial charge in [-0.25, -0.2) is 5.84 Å². The first kappa shape index (κ1) is 23.5. The van der Waals surface area contributed by atoms with Crippen LogP contribution < -0.4 is 21.9 Å². The van der Waals surface area contributed by atoms with E-state index in [4.69, 9.17) is 16.3 Å². The van der Waals surface area contributed by atoms with Gasteiger partial charge in [0.2, 0.25) is 0 Å². The smallest absolute Gasteiger partial charge is 0.255 e. The molecule has 186 valence electrons. The fraction of sp³-hybridized carbons (Fsp3) is 0.240. The molecule has 1 amide bonds. The summed E-state index contributed by atoms with van der Waals surface area (Å²) in [5.74, 6) is 5.97. The molecule has 6 N–H and O–H groups in total. The summed E-state index contributed by atoms with van der Waals surface area (Å²) in [5.41, 5.74) is 10.0. The number of anilines is 2. The number of hydrogen-bond acceptors (Lipinski definition) is 8. The van der Waals surface area contributed by atoms with Gasteiger partial charge in [-0.3, -0.25) is 24.5 Å². The lowest BCUT2D eigenvalue weighted by atomic mass is 10.1. The number of nitrogens with two attached hydrogens (primary N) is 2. The third-order valence-electron chi connectivity index (χ3n) is 6.09. The summed E-state index contributed by atoms with van der Waals surface area (Å²) < 4.78 is 7.21. The first-order valence-electron chi connectivity index (χ1n) is 11.8. The van der Waals surface area contributed by atoms with E-state index in [-0.39, 0.29) is 5.91 Å². The molecule has 11 nitrogen and oxygen atoms in total. The number of hydrazine groups is 1. The van der Waals surface area contributed by atoms with Crippen molar-refractivity contribution in [1.29, 1.82) is 0 Å². The number of amides is 1. The van der Waals surface area contributed by atoms with Crippen LogP contribution in [0, 0.1) is 0 Å². The molecule has 0 saturated carbocycles. The molecule has 1 fully saturated rings. The Bertz CT molecular complexity index is 1350. The minimum absolute atomic E-state index is 0.226. The molecule has 0 atom stereocenters. The lowest BCUT2D eigenvalue weighted by molar-refractivity contribution is 0.0360. The molecule has 1 saturated heterocycles. The summed E-state index contributed by atoms with van der Waals surface area (Å²) in [6, 6.07) is 14.7. The number of carbonyl (C=O) groups excluding carboxylic acids is 1. The van der Waals surface area contributed by atoms with Gasteiger partial charge in [-0.15, -0.1) is 0 Å². The van der Waals surface area contributed by atoms with E-state index >= 15 is 0 Å². The van der Waals surface area contributed by atoms with Gasteiger partial charge in [-0.2, -0.15) is 10.2 Å². The van der Waals surface area contributed by atoms with Crippen molar-refractivity contribution in [3.05, 3.63) is 78.4 Å². The largest absolute Gasteiger partial charge is 0.396 e. The third kappa shape index (κ3) is 5.38. The maximum Gasteiger partial charge on any atom is 0.255 e. The van der Waals surface area contributed by atoms with Gasteiger partial charge in [-0.1, -0.05) is 18.2 Å². The van der Waals surface area contributed by atoms with Crippen LogP contribution in [0.4, 0.5) is 11.4 Å². The number of nitrogens with one attached hydrogen (secondary N) is 2. The number of benzene rings is 2. The molecular formula is C25H29N9O2. The van der Waals surface area contributed by atoms with Crippen molar-refractivity contribution >= 4 is 33.9 Å². The number of aromatic nitrogens is 4. The molecule has 0 aliphatic carbocycles. The summed E-state index contributed by atoms with van der Waals surface area (Å²) in [7, 11) is 0. The molecule has 2 aromatic heterocycles. The van der Waals surface area contributed by atoms with Crippen molar-refractivity contribution < 1.29 is 9.53 Å². The molecule has 36 heavy (non-hydrogen) atoms. The Labute approximate surface area is 208 Å². The van der Waals surface area contributed by atoms with E-state index in [0.717, 1.165) is 50.3 Å². The molecule has 0 radical (unpaired) electrons. The van der Waals surface area contributed by atoms with Crippen molar-refractivity contribution in [3.8, 4) is 0 Å². The quantitative estimate of drug-likeness (QED) is 0.218. The Morgan fingerprint density at radius 1 is 1.14 bits per heavy atom. The number of morpholine rings is 1. The Morgan fingerprint density at radius 3 is 2.72 bits per heavy atom. The van der Waals surface area contributed by atoms with E-state index in [1.165, 1.54) is 5.01 Å². The molecule has 3 heterocycles. The van der Waals surface area contributed by atoms with Crippen LogP contribution in [0.25, 0.3) is 16.6 Å². The summed E-state index contributed by atoms with van der Waals surface area (Å²) in [5, 5.41) is 16.8. The number of nitrogens with zero attached hydrogens (tertiary/aromatic N) is 5. The van der Waals surface area contributed by atoms with Crippen molar-refractivity contribution in [3.63, 3.8) is 0 Å². The number of hydrogen-bond donors (Lipinski definition) is 4. The molecule has 1 aliphatic rings. The minimum Gasteiger partial charge on any atom is -0.396 e. The van der Waals surface area contributed by atoms with E-state index in [1.54, 1.807) is 36.7 Å². The maximum absolute atomic E-state index is 12.7. The highest BCUT2D eigenvalue weighted by molar-refractivity contribution is 6.04. The van der Waals surface area contributed by atoms with E-state index in [2.05, 4.69) is 25.5 Å². The van der Waals surface area contributed by atoms with Gasteiger partial charge in [0.1, 0.15) is 5.69 Å². The van der Waals surface area contributed by atoms with E-state index in [1.807, 2.05) is 35.1 Å². The number of aromatic amines is 1. The van der Waals surface area contributed by atoms with Gasteiger partial charge < -0.3 is 15.8 Å². The summed E-state index contributed by atoms with van der Waals surface area (Å²) in [6.07, 6.45) is 5.09. The van der Waals surface area contributed by atoms with Crippen molar-refractivity contribution in [2.24, 2.45) is 11.6 Å². The van der Waals surface area contributed by atoms with Crippen LogP contribution in [0.5, 0.6) is 0 Å². The molecule has 4 aromatic rings. The van der Waals surface area contributed by atoms with Crippen LogP contribution in [0.15, 0.2) is 67.1 Å². The fourth-order valence-corrected chi connectivity index (χ4v) is 4.08. The maximum atomic E-state index is 12.7. The topological polar surface area (TPSA) is 143 Å². The molecular weight excluding hydrogens is 458 g/mol. The summed E-state index contributed by atoms with van der Waals surface area (Å²) in [6.45, 7) is 5.05. The second kappa shape index (κ2) is 10.6. The first-order chi connectivity index (χ1) is 17.6. The van der Waals surface area contributed by atoms with Crippen LogP contribution in [0.2, 0.25) is 0 Å². The molecule has 0 unspecified atom stereocenters. The number of fused-ring (bicyclic) bond motifs is 1. The Hall–Kier alpha value is -4.19. The van der Waals surface area contributed by atoms with Crippen molar-refractivity contribution in [2.75, 3.05) is 43.2 Å². The monoisotopic (exact) mass is 487 g/mol. The lowest BCUT2D eigenvalue weighted by Gasteiger charge is -2.26. The molecule has 5 rings (SSSR count).